The molecular weight excluding hydrogens is 468 g/mol. The first kappa shape index (κ1) is 23.3. The van der Waals surface area contributed by atoms with Crippen LogP contribution in [0.1, 0.15) is 24.2 Å². The molecule has 1 amide bonds. The topological polar surface area (TPSA) is 79.4 Å². The van der Waals surface area contributed by atoms with E-state index in [1.165, 1.54) is 34.9 Å². The van der Waals surface area contributed by atoms with Gasteiger partial charge in [-0.05, 0) is 50.2 Å². The number of sulfonamides is 1. The number of hydrogen-bond donors (Lipinski definition) is 1. The van der Waals surface area contributed by atoms with E-state index in [-0.39, 0.29) is 37.9 Å². The third kappa shape index (κ3) is 4.93. The molecule has 1 aromatic heterocycles. The number of rotatable bonds is 6. The van der Waals surface area contributed by atoms with Gasteiger partial charge in [-0.1, -0.05) is 11.6 Å². The monoisotopic (exact) mass is 485 g/mol. The Balaban J connectivity index is 1.88. The maximum Gasteiger partial charge on any atom is 0.259 e. The molecule has 0 atom stereocenters. The van der Waals surface area contributed by atoms with Gasteiger partial charge in [0, 0.05) is 24.0 Å². The minimum atomic E-state index is -3.82. The Bertz CT molecular complexity index is 1250. The van der Waals surface area contributed by atoms with Gasteiger partial charge in [0.15, 0.2) is 5.13 Å². The van der Waals surface area contributed by atoms with Crippen LogP contribution in [0.15, 0.2) is 46.7 Å². The molecule has 6 nitrogen and oxygen atoms in total. The summed E-state index contributed by atoms with van der Waals surface area (Å²) in [7, 11) is -2.38. The molecule has 2 aromatic carbocycles. The van der Waals surface area contributed by atoms with Gasteiger partial charge in [0.25, 0.3) is 5.91 Å². The first-order chi connectivity index (χ1) is 14.5. The summed E-state index contributed by atoms with van der Waals surface area (Å²) in [5, 5.41) is 4.15. The molecule has 0 radical (unpaired) electrons. The molecule has 3 rings (SSSR count). The first-order valence-corrected chi connectivity index (χ1v) is 11.7. The summed E-state index contributed by atoms with van der Waals surface area (Å²) in [5.74, 6) is -1.96. The zero-order valence-electron chi connectivity index (χ0n) is 16.7. The summed E-state index contributed by atoms with van der Waals surface area (Å²) in [5.41, 5.74) is 0.0477. The quantitative estimate of drug-likeness (QED) is 0.531. The number of anilines is 1. The van der Waals surface area contributed by atoms with Gasteiger partial charge in [0.2, 0.25) is 10.0 Å². The molecule has 0 aliphatic heterocycles. The second-order valence-electron chi connectivity index (χ2n) is 6.87. The molecule has 0 aliphatic carbocycles. The summed E-state index contributed by atoms with van der Waals surface area (Å²) < 4.78 is 54.0. The highest BCUT2D eigenvalue weighted by atomic mass is 35.5. The van der Waals surface area contributed by atoms with Crippen molar-refractivity contribution in [1.29, 1.82) is 0 Å². The maximum atomic E-state index is 14.0. The van der Waals surface area contributed by atoms with E-state index < -0.39 is 27.6 Å². The fourth-order valence-corrected chi connectivity index (χ4v) is 4.90. The van der Waals surface area contributed by atoms with Crippen LogP contribution in [0.5, 0.6) is 0 Å². The lowest BCUT2D eigenvalue weighted by atomic mass is 10.1. The molecule has 1 N–H and O–H groups in total. The SMILES string of the molecule is CC(C)N(C)S(=O)(=O)c1ccc(Cl)c(C(=O)Nc2nc(-c3cc(F)ccc3F)cs2)c1. The summed E-state index contributed by atoms with van der Waals surface area (Å²) in [6.45, 7) is 3.45. The van der Waals surface area contributed by atoms with Crippen molar-refractivity contribution in [3.8, 4) is 11.3 Å². The van der Waals surface area contributed by atoms with Crippen LogP contribution < -0.4 is 5.32 Å². The molecule has 164 valence electrons. The number of nitrogens with one attached hydrogen (secondary N) is 1. The fourth-order valence-electron chi connectivity index (χ4n) is 2.60. The van der Waals surface area contributed by atoms with E-state index in [0.717, 1.165) is 29.5 Å². The van der Waals surface area contributed by atoms with Gasteiger partial charge >= 0.3 is 0 Å². The van der Waals surface area contributed by atoms with Crippen LogP contribution >= 0.6 is 22.9 Å². The van der Waals surface area contributed by atoms with E-state index in [1.54, 1.807) is 13.8 Å². The number of carbonyl (C=O) groups excluding carboxylic acids is 1. The standard InChI is InChI=1S/C20H18ClF2N3O3S2/c1-11(2)26(3)31(28,29)13-5-6-16(21)14(9-13)19(27)25-20-24-18(10-30-20)15-8-12(22)4-7-17(15)23/h4-11H,1-3H3,(H,24,25,27). The van der Waals surface area contributed by atoms with Crippen LogP contribution in [-0.4, -0.2) is 36.7 Å². The molecule has 0 bridgehead atoms. The minimum Gasteiger partial charge on any atom is -0.298 e. The molecule has 0 spiro atoms. The number of halogens is 3. The number of aromatic nitrogens is 1. The van der Waals surface area contributed by atoms with E-state index in [9.17, 15) is 22.0 Å². The van der Waals surface area contributed by atoms with Crippen LogP contribution in [-0.2, 0) is 10.0 Å². The lowest BCUT2D eigenvalue weighted by Gasteiger charge is -2.21. The van der Waals surface area contributed by atoms with E-state index in [1.807, 2.05) is 0 Å². The van der Waals surface area contributed by atoms with Gasteiger partial charge in [0.1, 0.15) is 11.6 Å². The average Bonchev–Trinajstić information content (AvgIpc) is 3.17. The van der Waals surface area contributed by atoms with Crippen molar-refractivity contribution in [2.24, 2.45) is 0 Å². The third-order valence-electron chi connectivity index (χ3n) is 4.52. The Kier molecular flexibility index (Phi) is 6.75. The van der Waals surface area contributed by atoms with Gasteiger partial charge in [-0.15, -0.1) is 11.3 Å². The molecule has 0 unspecified atom stereocenters. The van der Waals surface area contributed by atoms with Crippen LogP contribution in [0, 0.1) is 11.6 Å². The van der Waals surface area contributed by atoms with Crippen molar-refractivity contribution in [2.45, 2.75) is 24.8 Å². The van der Waals surface area contributed by atoms with Gasteiger partial charge in [-0.2, -0.15) is 4.31 Å². The molecule has 11 heteroatoms. The normalized spacial score (nSPS) is 11.9. The Labute approximate surface area is 187 Å². The Morgan fingerprint density at radius 3 is 2.58 bits per heavy atom. The summed E-state index contributed by atoms with van der Waals surface area (Å²) in [6, 6.07) is 6.54. The van der Waals surface area contributed by atoms with Crippen LogP contribution in [0.4, 0.5) is 13.9 Å². The first-order valence-electron chi connectivity index (χ1n) is 9.00. The number of carbonyl (C=O) groups is 1. The lowest BCUT2D eigenvalue weighted by molar-refractivity contribution is 0.102. The maximum absolute atomic E-state index is 14.0. The molecule has 0 saturated carbocycles. The highest BCUT2D eigenvalue weighted by Gasteiger charge is 2.25. The van der Waals surface area contributed by atoms with Crippen molar-refractivity contribution >= 4 is 44.0 Å². The van der Waals surface area contributed by atoms with Crippen molar-refractivity contribution in [2.75, 3.05) is 12.4 Å². The number of benzene rings is 2. The zero-order chi connectivity index (χ0) is 22.9. The Morgan fingerprint density at radius 1 is 1.19 bits per heavy atom. The predicted octanol–water partition coefficient (Wildman–Crippen LogP) is 5.02. The van der Waals surface area contributed by atoms with Crippen molar-refractivity contribution in [3.63, 3.8) is 0 Å². The van der Waals surface area contributed by atoms with Crippen LogP contribution in [0.3, 0.4) is 0 Å². The van der Waals surface area contributed by atoms with Crippen molar-refractivity contribution in [1.82, 2.24) is 9.29 Å². The highest BCUT2D eigenvalue weighted by Crippen LogP contribution is 2.29. The molecule has 0 saturated heterocycles. The van der Waals surface area contributed by atoms with E-state index >= 15 is 0 Å². The van der Waals surface area contributed by atoms with Gasteiger partial charge in [0.05, 0.1) is 21.2 Å². The summed E-state index contributed by atoms with van der Waals surface area (Å²) in [6.07, 6.45) is 0. The van der Waals surface area contributed by atoms with Crippen LogP contribution in [0.2, 0.25) is 5.02 Å². The number of hydrogen-bond acceptors (Lipinski definition) is 5. The molecule has 0 aliphatic rings. The molecule has 3 aromatic rings. The number of amides is 1. The number of thiazole rings is 1. The molecular formula is C20H18ClF2N3O3S2. The summed E-state index contributed by atoms with van der Waals surface area (Å²) >= 11 is 7.12. The Hall–Kier alpha value is -2.40. The van der Waals surface area contributed by atoms with Crippen molar-refractivity contribution in [3.05, 3.63) is 64.0 Å². The minimum absolute atomic E-state index is 0.0420. The summed E-state index contributed by atoms with van der Waals surface area (Å²) in [4.78, 5) is 16.7. The number of nitrogens with zero attached hydrogens (tertiary/aromatic N) is 2. The van der Waals surface area contributed by atoms with Crippen molar-refractivity contribution < 1.29 is 22.0 Å². The van der Waals surface area contributed by atoms with Gasteiger partial charge < -0.3 is 0 Å². The smallest absolute Gasteiger partial charge is 0.259 e. The van der Waals surface area contributed by atoms with Gasteiger partial charge in [-0.3, -0.25) is 10.1 Å². The lowest BCUT2D eigenvalue weighted by Crippen LogP contribution is -2.33. The molecule has 31 heavy (non-hydrogen) atoms. The fraction of sp³-hybridized carbons (Fsp3) is 0.200. The zero-order valence-corrected chi connectivity index (χ0v) is 19.1. The van der Waals surface area contributed by atoms with Gasteiger partial charge in [-0.25, -0.2) is 22.2 Å². The average molecular weight is 486 g/mol. The Morgan fingerprint density at radius 2 is 1.90 bits per heavy atom. The predicted molar refractivity (Wildman–Crippen MR) is 117 cm³/mol. The van der Waals surface area contributed by atoms with E-state index in [2.05, 4.69) is 10.3 Å². The van der Waals surface area contributed by atoms with E-state index in [0.29, 0.717) is 0 Å². The second kappa shape index (κ2) is 8.99. The largest absolute Gasteiger partial charge is 0.298 e. The highest BCUT2D eigenvalue weighted by molar-refractivity contribution is 7.89. The molecule has 0 fully saturated rings. The molecule has 1 heterocycles. The second-order valence-corrected chi connectivity index (χ2v) is 10.1. The van der Waals surface area contributed by atoms with Crippen LogP contribution in [0.25, 0.3) is 11.3 Å². The third-order valence-corrected chi connectivity index (χ3v) is 7.63. The van der Waals surface area contributed by atoms with E-state index in [4.69, 9.17) is 11.6 Å².